The summed E-state index contributed by atoms with van der Waals surface area (Å²) in [5.41, 5.74) is 1.89. The van der Waals surface area contributed by atoms with Crippen LogP contribution in [0.2, 0.25) is 0 Å². The summed E-state index contributed by atoms with van der Waals surface area (Å²) < 4.78 is 5.83. The Bertz CT molecular complexity index is 553. The first-order valence-electron chi connectivity index (χ1n) is 9.94. The van der Waals surface area contributed by atoms with E-state index in [1.807, 2.05) is 0 Å². The minimum absolute atomic E-state index is 0.0235. The fourth-order valence-corrected chi connectivity index (χ4v) is 6.76. The van der Waals surface area contributed by atoms with Gasteiger partial charge in [0, 0.05) is 11.8 Å². The largest absolute Gasteiger partial charge is 0.394 e. The fraction of sp³-hybridized carbons (Fsp3) is 0.857. The molecule has 0 heterocycles. The second kappa shape index (κ2) is 5.95. The van der Waals surface area contributed by atoms with Crippen LogP contribution in [0.1, 0.15) is 65.2 Å². The maximum absolute atomic E-state index is 12.5. The number of aliphatic hydroxyl groups excluding tert-OH is 1. The first-order chi connectivity index (χ1) is 11.5. The lowest BCUT2D eigenvalue weighted by atomic mass is 9.48. The summed E-state index contributed by atoms with van der Waals surface area (Å²) in [4.78, 5) is 12.5. The number of hydrogen-bond acceptors (Lipinski definition) is 3. The van der Waals surface area contributed by atoms with Crippen molar-refractivity contribution in [2.24, 2.45) is 28.6 Å². The van der Waals surface area contributed by atoms with E-state index in [0.29, 0.717) is 29.6 Å². The van der Waals surface area contributed by atoms with Gasteiger partial charge in [-0.3, -0.25) is 4.79 Å². The number of ether oxygens (including phenoxy) is 1. The first-order valence-corrected chi connectivity index (χ1v) is 9.94. The van der Waals surface area contributed by atoms with Crippen LogP contribution >= 0.6 is 0 Å². The van der Waals surface area contributed by atoms with Crippen molar-refractivity contribution in [2.75, 3.05) is 13.2 Å². The third-order valence-electron chi connectivity index (χ3n) is 8.21. The highest BCUT2D eigenvalue weighted by Gasteiger charge is 2.58. The molecule has 24 heavy (non-hydrogen) atoms. The van der Waals surface area contributed by atoms with E-state index >= 15 is 0 Å². The lowest BCUT2D eigenvalue weighted by Crippen LogP contribution is -2.50. The topological polar surface area (TPSA) is 46.5 Å². The molecule has 0 amide bonds. The van der Waals surface area contributed by atoms with Gasteiger partial charge in [-0.15, -0.1) is 0 Å². The molecule has 0 aromatic carbocycles. The van der Waals surface area contributed by atoms with Crippen molar-refractivity contribution in [1.82, 2.24) is 0 Å². The molecule has 0 unspecified atom stereocenters. The van der Waals surface area contributed by atoms with Crippen molar-refractivity contribution < 1.29 is 14.6 Å². The summed E-state index contributed by atoms with van der Waals surface area (Å²) in [7, 11) is 0. The summed E-state index contributed by atoms with van der Waals surface area (Å²) in [5.74, 6) is 2.60. The van der Waals surface area contributed by atoms with Crippen molar-refractivity contribution >= 4 is 5.78 Å². The van der Waals surface area contributed by atoms with Gasteiger partial charge in [-0.25, -0.2) is 0 Å². The van der Waals surface area contributed by atoms with Crippen LogP contribution in [0.15, 0.2) is 11.6 Å². The highest BCUT2D eigenvalue weighted by molar-refractivity contribution is 5.87. The molecule has 1 N–H and O–H groups in total. The van der Waals surface area contributed by atoms with Gasteiger partial charge in [0.15, 0.2) is 0 Å². The summed E-state index contributed by atoms with van der Waals surface area (Å²) in [5, 5.41) is 9.00. The Labute approximate surface area is 145 Å². The monoisotopic (exact) mass is 332 g/mol. The van der Waals surface area contributed by atoms with Gasteiger partial charge in [-0.2, -0.15) is 0 Å². The Morgan fingerprint density at radius 3 is 2.71 bits per heavy atom. The van der Waals surface area contributed by atoms with Gasteiger partial charge in [0.2, 0.25) is 0 Å². The van der Waals surface area contributed by atoms with Crippen LogP contribution in [0.25, 0.3) is 0 Å². The number of ketones is 1. The normalized spacial score (nSPS) is 47.6. The molecule has 0 saturated heterocycles. The molecule has 4 rings (SSSR count). The van der Waals surface area contributed by atoms with Crippen LogP contribution in [0.4, 0.5) is 0 Å². The minimum Gasteiger partial charge on any atom is -0.394 e. The third-order valence-corrected chi connectivity index (χ3v) is 8.21. The predicted octanol–water partition coefficient (Wildman–Crippen LogP) is 3.90. The number of allylic oxidation sites excluding steroid dienone is 1. The summed E-state index contributed by atoms with van der Waals surface area (Å²) in [6.07, 6.45) is 11.6. The Hall–Kier alpha value is -0.670. The Balaban J connectivity index is 1.56. The van der Waals surface area contributed by atoms with E-state index in [1.165, 1.54) is 12.8 Å². The molecule has 0 aliphatic heterocycles. The van der Waals surface area contributed by atoms with Crippen molar-refractivity contribution in [1.29, 1.82) is 0 Å². The van der Waals surface area contributed by atoms with Gasteiger partial charge in [0.1, 0.15) is 5.78 Å². The van der Waals surface area contributed by atoms with Crippen LogP contribution in [0.5, 0.6) is 0 Å². The smallest absolute Gasteiger partial charge is 0.139 e. The molecule has 0 bridgehead atoms. The summed E-state index contributed by atoms with van der Waals surface area (Å²) in [6, 6.07) is 0. The highest BCUT2D eigenvalue weighted by atomic mass is 16.5. The molecule has 3 fully saturated rings. The number of Topliss-reactive ketones (excluding diaryl/α,β-unsaturated/α-hetero) is 1. The van der Waals surface area contributed by atoms with Crippen LogP contribution in [-0.4, -0.2) is 30.2 Å². The molecule has 0 radical (unpaired) electrons. The molecule has 0 aromatic rings. The fourth-order valence-electron chi connectivity index (χ4n) is 6.76. The number of rotatable bonds is 3. The molecule has 3 saturated carbocycles. The zero-order valence-corrected chi connectivity index (χ0v) is 15.2. The molecule has 3 heteroatoms. The molecular weight excluding hydrogens is 300 g/mol. The molecule has 0 spiro atoms. The number of aliphatic hydroxyl groups is 1. The van der Waals surface area contributed by atoms with Gasteiger partial charge in [-0.1, -0.05) is 25.5 Å². The SMILES string of the molecule is C[C@]12CC[C@H](OCCO)CC1=CC[C@@H]1[C@@H]2CC[C@]2(C)C(=O)CC[C@@H]12. The van der Waals surface area contributed by atoms with Gasteiger partial charge in [0.05, 0.1) is 19.3 Å². The first kappa shape index (κ1) is 16.8. The van der Waals surface area contributed by atoms with Crippen LogP contribution in [-0.2, 0) is 9.53 Å². The lowest BCUT2D eigenvalue weighted by Gasteiger charge is -2.57. The number of fused-ring (bicyclic) bond motifs is 5. The van der Waals surface area contributed by atoms with E-state index in [4.69, 9.17) is 9.84 Å². The Morgan fingerprint density at radius 1 is 1.17 bits per heavy atom. The van der Waals surface area contributed by atoms with E-state index in [-0.39, 0.29) is 18.1 Å². The average molecular weight is 332 g/mol. The van der Waals surface area contributed by atoms with E-state index in [1.54, 1.807) is 5.57 Å². The second-order valence-electron chi connectivity index (χ2n) is 9.14. The lowest BCUT2D eigenvalue weighted by molar-refractivity contribution is -0.132. The molecule has 3 nitrogen and oxygen atoms in total. The quantitative estimate of drug-likeness (QED) is 0.798. The number of carbonyl (C=O) groups is 1. The number of carbonyl (C=O) groups excluding carboxylic acids is 1. The molecular formula is C21H32O3. The third kappa shape index (κ3) is 2.34. The van der Waals surface area contributed by atoms with Crippen molar-refractivity contribution in [3.05, 3.63) is 11.6 Å². The van der Waals surface area contributed by atoms with Crippen molar-refractivity contribution in [2.45, 2.75) is 71.3 Å². The molecule has 0 aromatic heterocycles. The molecule has 6 atom stereocenters. The van der Waals surface area contributed by atoms with Gasteiger partial charge < -0.3 is 9.84 Å². The van der Waals surface area contributed by atoms with E-state index < -0.39 is 0 Å². The average Bonchev–Trinajstić information content (AvgIpc) is 2.88. The maximum Gasteiger partial charge on any atom is 0.139 e. The molecule has 4 aliphatic rings. The van der Waals surface area contributed by atoms with Gasteiger partial charge in [0.25, 0.3) is 0 Å². The van der Waals surface area contributed by atoms with Crippen molar-refractivity contribution in [3.8, 4) is 0 Å². The maximum atomic E-state index is 12.5. The van der Waals surface area contributed by atoms with E-state index in [9.17, 15) is 4.79 Å². The second-order valence-corrected chi connectivity index (χ2v) is 9.14. The summed E-state index contributed by atoms with van der Waals surface area (Å²) in [6.45, 7) is 5.32. The van der Waals surface area contributed by atoms with E-state index in [0.717, 1.165) is 44.4 Å². The Morgan fingerprint density at radius 2 is 1.92 bits per heavy atom. The number of hydrogen-bond donors (Lipinski definition) is 1. The van der Waals surface area contributed by atoms with Crippen LogP contribution in [0.3, 0.4) is 0 Å². The van der Waals surface area contributed by atoms with Gasteiger partial charge >= 0.3 is 0 Å². The standard InChI is InChI=1S/C21H32O3/c1-20-9-7-15(24-12-11-22)13-14(20)3-4-16-17-5-6-19(23)21(17,2)10-8-18(16)20/h3,15-18,22H,4-13H2,1-2H3/t15-,16-,17-,18-,20-,21-/m0/s1. The molecule has 134 valence electrons. The van der Waals surface area contributed by atoms with Crippen LogP contribution < -0.4 is 0 Å². The van der Waals surface area contributed by atoms with Crippen LogP contribution in [0, 0.1) is 28.6 Å². The highest BCUT2D eigenvalue weighted by Crippen LogP contribution is 2.64. The van der Waals surface area contributed by atoms with Crippen molar-refractivity contribution in [3.63, 3.8) is 0 Å². The van der Waals surface area contributed by atoms with E-state index in [2.05, 4.69) is 19.9 Å². The zero-order valence-electron chi connectivity index (χ0n) is 15.2. The predicted molar refractivity (Wildman–Crippen MR) is 93.5 cm³/mol. The van der Waals surface area contributed by atoms with Gasteiger partial charge in [-0.05, 0) is 68.1 Å². The summed E-state index contributed by atoms with van der Waals surface area (Å²) >= 11 is 0. The Kier molecular flexibility index (Phi) is 4.16. The molecule has 4 aliphatic carbocycles. The minimum atomic E-state index is -0.0235. The zero-order chi connectivity index (χ0) is 16.9.